The lowest BCUT2D eigenvalue weighted by atomic mass is 10.1. The van der Waals surface area contributed by atoms with Gasteiger partial charge in [0.1, 0.15) is 10.9 Å². The van der Waals surface area contributed by atoms with Crippen LogP contribution in [-0.2, 0) is 19.6 Å². The zero-order chi connectivity index (χ0) is 20.6. The van der Waals surface area contributed by atoms with Crippen LogP contribution in [0, 0.1) is 6.92 Å². The smallest absolute Gasteiger partial charge is 0.329 e. The summed E-state index contributed by atoms with van der Waals surface area (Å²) in [6, 6.07) is 12.9. The Morgan fingerprint density at radius 3 is 2.62 bits per heavy atom. The van der Waals surface area contributed by atoms with E-state index >= 15 is 0 Å². The third kappa shape index (κ3) is 3.67. The van der Waals surface area contributed by atoms with Gasteiger partial charge in [0.15, 0.2) is 18.2 Å². The molecule has 29 heavy (non-hydrogen) atoms. The first-order chi connectivity index (χ1) is 13.9. The van der Waals surface area contributed by atoms with Gasteiger partial charge in [0, 0.05) is 17.7 Å². The van der Waals surface area contributed by atoms with Gasteiger partial charge in [-0.05, 0) is 31.9 Å². The second-order valence-electron chi connectivity index (χ2n) is 7.13. The summed E-state index contributed by atoms with van der Waals surface area (Å²) >= 11 is 0. The van der Waals surface area contributed by atoms with Crippen LogP contribution in [0.4, 0.5) is 0 Å². The van der Waals surface area contributed by atoms with E-state index in [4.69, 9.17) is 4.74 Å². The minimum absolute atomic E-state index is 0.142. The van der Waals surface area contributed by atoms with Crippen molar-refractivity contribution >= 4 is 27.6 Å². The highest BCUT2D eigenvalue weighted by atomic mass is 32.2. The van der Waals surface area contributed by atoms with E-state index in [1.165, 1.54) is 6.07 Å². The van der Waals surface area contributed by atoms with E-state index in [9.17, 15) is 18.0 Å². The Kier molecular flexibility index (Phi) is 4.96. The van der Waals surface area contributed by atoms with Crippen molar-refractivity contribution in [1.82, 2.24) is 4.90 Å². The lowest BCUT2D eigenvalue weighted by Gasteiger charge is -2.24. The highest BCUT2D eigenvalue weighted by Crippen LogP contribution is 2.31. The fourth-order valence-corrected chi connectivity index (χ4v) is 4.83. The van der Waals surface area contributed by atoms with Crippen LogP contribution in [0.2, 0.25) is 0 Å². The number of carbonyl (C=O) groups excluding carboxylic acids is 2. The number of likely N-dealkylation sites (tertiary alicyclic amines) is 1. The van der Waals surface area contributed by atoms with Gasteiger partial charge < -0.3 is 9.64 Å². The summed E-state index contributed by atoms with van der Waals surface area (Å²) in [5.41, 5.74) is 2.00. The normalized spacial score (nSPS) is 19.6. The Morgan fingerprint density at radius 2 is 1.86 bits per heavy atom. The van der Waals surface area contributed by atoms with Crippen LogP contribution in [0.1, 0.15) is 34.3 Å². The average molecular weight is 412 g/mol. The van der Waals surface area contributed by atoms with E-state index in [2.05, 4.69) is 4.40 Å². The van der Waals surface area contributed by atoms with Gasteiger partial charge in [-0.15, -0.1) is 4.40 Å². The standard InChI is InChI=1S/C21H20N2O5S/c1-14-8-10-15(11-9-14)18(24)13-28-21(25)17-6-4-12-23(17)20-16-5-2-3-7-19(16)29(26,27)22-20/h2-3,5,7-11,17H,4,6,12-13H2,1H3/t17-/m0/s1. The number of amidine groups is 1. The first-order valence-corrected chi connectivity index (χ1v) is 10.8. The number of aryl methyl sites for hydroxylation is 1. The molecule has 2 aromatic rings. The first-order valence-electron chi connectivity index (χ1n) is 9.34. The predicted molar refractivity (Wildman–Crippen MR) is 106 cm³/mol. The van der Waals surface area contributed by atoms with Crippen molar-refractivity contribution in [2.24, 2.45) is 4.40 Å². The van der Waals surface area contributed by atoms with Crippen LogP contribution in [0.5, 0.6) is 0 Å². The quantitative estimate of drug-likeness (QED) is 0.565. The van der Waals surface area contributed by atoms with E-state index in [1.807, 2.05) is 19.1 Å². The van der Waals surface area contributed by atoms with E-state index in [-0.39, 0.29) is 23.1 Å². The maximum absolute atomic E-state index is 12.7. The monoisotopic (exact) mass is 412 g/mol. The molecule has 150 valence electrons. The molecule has 2 aliphatic rings. The number of nitrogens with zero attached hydrogens (tertiary/aromatic N) is 2. The van der Waals surface area contributed by atoms with Crippen molar-refractivity contribution in [3.8, 4) is 0 Å². The molecule has 2 aromatic carbocycles. The minimum Gasteiger partial charge on any atom is -0.456 e. The maximum Gasteiger partial charge on any atom is 0.329 e. The summed E-state index contributed by atoms with van der Waals surface area (Å²) in [7, 11) is -3.77. The SMILES string of the molecule is Cc1ccc(C(=O)COC(=O)[C@@H]2CCCN2C2=NS(=O)(=O)c3ccccc32)cc1. The molecule has 0 unspecified atom stereocenters. The van der Waals surface area contributed by atoms with E-state index < -0.39 is 22.0 Å². The second kappa shape index (κ2) is 7.44. The molecule has 0 aliphatic carbocycles. The van der Waals surface area contributed by atoms with Gasteiger partial charge in [-0.1, -0.05) is 42.0 Å². The molecule has 0 aromatic heterocycles. The van der Waals surface area contributed by atoms with E-state index in [0.717, 1.165) is 5.56 Å². The Morgan fingerprint density at radius 1 is 1.14 bits per heavy atom. The van der Waals surface area contributed by atoms with Crippen LogP contribution < -0.4 is 0 Å². The van der Waals surface area contributed by atoms with Crippen LogP contribution in [0.3, 0.4) is 0 Å². The molecular formula is C21H20N2O5S. The van der Waals surface area contributed by atoms with Crippen LogP contribution >= 0.6 is 0 Å². The largest absolute Gasteiger partial charge is 0.456 e. The van der Waals surface area contributed by atoms with Crippen molar-refractivity contribution < 1.29 is 22.7 Å². The number of hydrogen-bond acceptors (Lipinski definition) is 6. The van der Waals surface area contributed by atoms with Crippen molar-refractivity contribution in [2.45, 2.75) is 30.7 Å². The lowest BCUT2D eigenvalue weighted by molar-refractivity contribution is -0.146. The molecule has 0 amide bonds. The molecule has 8 heteroatoms. The number of esters is 1. The zero-order valence-corrected chi connectivity index (χ0v) is 16.7. The Balaban J connectivity index is 1.48. The number of hydrogen-bond donors (Lipinski definition) is 0. The third-order valence-electron chi connectivity index (χ3n) is 5.13. The summed E-state index contributed by atoms with van der Waals surface area (Å²) in [4.78, 5) is 26.7. The summed E-state index contributed by atoms with van der Waals surface area (Å²) < 4.78 is 33.8. The molecule has 0 N–H and O–H groups in total. The van der Waals surface area contributed by atoms with Gasteiger partial charge in [-0.3, -0.25) is 4.79 Å². The number of fused-ring (bicyclic) bond motifs is 1. The van der Waals surface area contributed by atoms with Crippen LogP contribution in [0.25, 0.3) is 0 Å². The fourth-order valence-electron chi connectivity index (χ4n) is 3.62. The number of ether oxygens (including phenoxy) is 1. The fraction of sp³-hybridized carbons (Fsp3) is 0.286. The van der Waals surface area contributed by atoms with Gasteiger partial charge in [0.25, 0.3) is 10.0 Å². The molecular weight excluding hydrogens is 392 g/mol. The van der Waals surface area contributed by atoms with Crippen LogP contribution in [0.15, 0.2) is 57.8 Å². The van der Waals surface area contributed by atoms with Gasteiger partial charge in [0.2, 0.25) is 0 Å². The summed E-state index contributed by atoms with van der Waals surface area (Å²) in [6.07, 6.45) is 1.21. The van der Waals surface area contributed by atoms with Crippen LogP contribution in [-0.4, -0.2) is 50.1 Å². The van der Waals surface area contributed by atoms with Gasteiger partial charge in [-0.25, -0.2) is 4.79 Å². The average Bonchev–Trinajstić information content (AvgIpc) is 3.29. The molecule has 4 rings (SSSR count). The van der Waals surface area contributed by atoms with Gasteiger partial charge in [-0.2, -0.15) is 8.42 Å². The highest BCUT2D eigenvalue weighted by molar-refractivity contribution is 7.90. The Labute approximate surface area is 169 Å². The molecule has 0 spiro atoms. The van der Waals surface area contributed by atoms with Gasteiger partial charge >= 0.3 is 5.97 Å². The summed E-state index contributed by atoms with van der Waals surface area (Å²) in [6.45, 7) is 2.06. The minimum atomic E-state index is -3.77. The maximum atomic E-state index is 12.7. The molecule has 1 fully saturated rings. The lowest BCUT2D eigenvalue weighted by Crippen LogP contribution is -2.41. The number of sulfonamides is 1. The zero-order valence-electron chi connectivity index (χ0n) is 15.9. The Bertz CT molecular complexity index is 1110. The molecule has 1 atom stereocenters. The van der Waals surface area contributed by atoms with Crippen molar-refractivity contribution in [2.75, 3.05) is 13.2 Å². The number of rotatable bonds is 4. The molecule has 0 saturated carbocycles. The number of benzene rings is 2. The number of Topliss-reactive ketones (excluding diaryl/α,β-unsaturated/α-hetero) is 1. The molecule has 2 aliphatic heterocycles. The topological polar surface area (TPSA) is 93.1 Å². The summed E-state index contributed by atoms with van der Waals surface area (Å²) in [5, 5.41) is 0. The Hall–Kier alpha value is -3.00. The molecule has 7 nitrogen and oxygen atoms in total. The molecule has 0 radical (unpaired) electrons. The predicted octanol–water partition coefficient (Wildman–Crippen LogP) is 2.33. The number of ketones is 1. The van der Waals surface area contributed by atoms with Crippen molar-refractivity contribution in [3.63, 3.8) is 0 Å². The molecule has 2 heterocycles. The van der Waals surface area contributed by atoms with E-state index in [1.54, 1.807) is 35.2 Å². The van der Waals surface area contributed by atoms with Crippen molar-refractivity contribution in [3.05, 3.63) is 65.2 Å². The second-order valence-corrected chi connectivity index (χ2v) is 8.71. The van der Waals surface area contributed by atoms with Crippen molar-refractivity contribution in [1.29, 1.82) is 0 Å². The van der Waals surface area contributed by atoms with Gasteiger partial charge in [0.05, 0.1) is 0 Å². The molecule has 0 bridgehead atoms. The van der Waals surface area contributed by atoms with E-state index in [0.29, 0.717) is 30.5 Å². The summed E-state index contributed by atoms with van der Waals surface area (Å²) in [5.74, 6) is -0.564. The third-order valence-corrected chi connectivity index (χ3v) is 6.45. The number of carbonyl (C=O) groups is 2. The highest BCUT2D eigenvalue weighted by Gasteiger charge is 2.40. The first kappa shape index (κ1) is 19.3. The molecule has 1 saturated heterocycles.